The van der Waals surface area contributed by atoms with Crippen molar-refractivity contribution in [2.75, 3.05) is 30.8 Å². The summed E-state index contributed by atoms with van der Waals surface area (Å²) in [7, 11) is -2.10. The Morgan fingerprint density at radius 2 is 1.90 bits per heavy atom. The molecule has 0 spiro atoms. The molecule has 0 radical (unpaired) electrons. The lowest BCUT2D eigenvalue weighted by atomic mass is 10.0. The second-order valence-corrected chi connectivity index (χ2v) is 9.21. The van der Waals surface area contributed by atoms with Gasteiger partial charge in [-0.25, -0.2) is 8.42 Å². The van der Waals surface area contributed by atoms with Crippen molar-refractivity contribution in [3.05, 3.63) is 59.1 Å². The van der Waals surface area contributed by atoms with E-state index in [0.717, 1.165) is 11.8 Å². The molecule has 0 heterocycles. The Labute approximate surface area is 177 Å². The van der Waals surface area contributed by atoms with Gasteiger partial charge < -0.3 is 10.1 Å². The van der Waals surface area contributed by atoms with Crippen LogP contribution >= 0.6 is 11.6 Å². The Kier molecular flexibility index (Phi) is 8.34. The van der Waals surface area contributed by atoms with E-state index in [9.17, 15) is 13.2 Å². The van der Waals surface area contributed by atoms with E-state index in [1.165, 1.54) is 11.4 Å². The van der Waals surface area contributed by atoms with Gasteiger partial charge in [0.1, 0.15) is 5.75 Å². The lowest BCUT2D eigenvalue weighted by Crippen LogP contribution is -2.33. The minimum atomic E-state index is -3.56. The van der Waals surface area contributed by atoms with Crippen molar-refractivity contribution in [1.29, 1.82) is 0 Å². The van der Waals surface area contributed by atoms with Gasteiger partial charge in [-0.05, 0) is 36.1 Å². The monoisotopic (exact) mass is 438 g/mol. The van der Waals surface area contributed by atoms with Gasteiger partial charge in [0.2, 0.25) is 15.9 Å². The molecule has 2 aromatic rings. The van der Waals surface area contributed by atoms with Gasteiger partial charge >= 0.3 is 0 Å². The van der Waals surface area contributed by atoms with Crippen LogP contribution in [0.4, 0.5) is 5.69 Å². The highest BCUT2D eigenvalue weighted by molar-refractivity contribution is 7.92. The molecule has 0 aliphatic carbocycles. The largest absolute Gasteiger partial charge is 0.495 e. The number of carbonyl (C=O) groups is 1. The minimum absolute atomic E-state index is 0.112. The second-order valence-electron chi connectivity index (χ2n) is 6.87. The second kappa shape index (κ2) is 10.5. The number of hydrogen-bond donors (Lipinski definition) is 1. The van der Waals surface area contributed by atoms with Crippen molar-refractivity contribution >= 4 is 33.2 Å². The van der Waals surface area contributed by atoms with E-state index in [2.05, 4.69) is 5.32 Å². The minimum Gasteiger partial charge on any atom is -0.495 e. The molecule has 0 aliphatic rings. The number of anilines is 1. The van der Waals surface area contributed by atoms with Crippen molar-refractivity contribution in [3.63, 3.8) is 0 Å². The van der Waals surface area contributed by atoms with Gasteiger partial charge in [0.15, 0.2) is 0 Å². The van der Waals surface area contributed by atoms with Crippen LogP contribution < -0.4 is 14.4 Å². The molecule has 1 N–H and O–H groups in total. The molecule has 0 saturated heterocycles. The van der Waals surface area contributed by atoms with Crippen LogP contribution in [0, 0.1) is 0 Å². The summed E-state index contributed by atoms with van der Waals surface area (Å²) < 4.78 is 31.1. The molecule has 0 bridgehead atoms. The van der Waals surface area contributed by atoms with E-state index in [-0.39, 0.29) is 24.8 Å². The van der Waals surface area contributed by atoms with Crippen molar-refractivity contribution in [2.45, 2.75) is 25.7 Å². The van der Waals surface area contributed by atoms with Gasteiger partial charge in [-0.15, -0.1) is 0 Å². The number of methoxy groups -OCH3 is 1. The van der Waals surface area contributed by atoms with Crippen LogP contribution in [-0.2, 0) is 14.8 Å². The highest BCUT2D eigenvalue weighted by atomic mass is 35.5. The van der Waals surface area contributed by atoms with Crippen molar-refractivity contribution in [1.82, 2.24) is 5.32 Å². The lowest BCUT2D eigenvalue weighted by molar-refractivity contribution is -0.121. The molecule has 1 amide bonds. The maximum atomic E-state index is 12.3. The fourth-order valence-corrected chi connectivity index (χ4v) is 4.09. The summed E-state index contributed by atoms with van der Waals surface area (Å²) in [6.07, 6.45) is 1.71. The molecule has 1 atom stereocenters. The van der Waals surface area contributed by atoms with Gasteiger partial charge in [-0.2, -0.15) is 0 Å². The zero-order chi connectivity index (χ0) is 21.4. The van der Waals surface area contributed by atoms with E-state index >= 15 is 0 Å². The zero-order valence-corrected chi connectivity index (χ0v) is 18.5. The van der Waals surface area contributed by atoms with E-state index in [1.54, 1.807) is 18.2 Å². The summed E-state index contributed by atoms with van der Waals surface area (Å²) >= 11 is 6.03. The molecule has 29 heavy (non-hydrogen) atoms. The molecule has 0 aliphatic heterocycles. The predicted molar refractivity (Wildman–Crippen MR) is 117 cm³/mol. The first-order valence-electron chi connectivity index (χ1n) is 9.35. The predicted octanol–water partition coefficient (Wildman–Crippen LogP) is 3.81. The van der Waals surface area contributed by atoms with Crippen LogP contribution in [0.1, 0.15) is 31.2 Å². The molecule has 2 aromatic carbocycles. The van der Waals surface area contributed by atoms with Crippen LogP contribution in [0.5, 0.6) is 5.75 Å². The Bertz CT molecular complexity index is 920. The number of ether oxygens (including phenoxy) is 1. The zero-order valence-electron chi connectivity index (χ0n) is 16.9. The van der Waals surface area contributed by atoms with Crippen LogP contribution in [0.3, 0.4) is 0 Å². The first-order chi connectivity index (χ1) is 13.7. The molecule has 8 heteroatoms. The third kappa shape index (κ3) is 6.94. The number of amides is 1. The topological polar surface area (TPSA) is 75.7 Å². The number of nitrogens with zero attached hydrogens (tertiary/aromatic N) is 1. The maximum absolute atomic E-state index is 12.3. The fourth-order valence-electron chi connectivity index (χ4n) is 2.96. The third-order valence-corrected chi connectivity index (χ3v) is 5.96. The van der Waals surface area contributed by atoms with Gasteiger partial charge in [0.05, 0.1) is 19.1 Å². The highest BCUT2D eigenvalue weighted by Gasteiger charge is 2.21. The summed E-state index contributed by atoms with van der Waals surface area (Å²) in [5, 5.41) is 3.32. The highest BCUT2D eigenvalue weighted by Crippen LogP contribution is 2.33. The maximum Gasteiger partial charge on any atom is 0.232 e. The number of carbonyl (C=O) groups excluding carboxylic acids is 1. The molecule has 1 unspecified atom stereocenters. The molecule has 158 valence electrons. The average molecular weight is 439 g/mol. The molecular formula is C21H27ClN2O4S. The third-order valence-electron chi connectivity index (χ3n) is 4.55. The Morgan fingerprint density at radius 1 is 1.21 bits per heavy atom. The summed E-state index contributed by atoms with van der Waals surface area (Å²) in [5.41, 5.74) is 1.52. The molecule has 6 nitrogen and oxygen atoms in total. The van der Waals surface area contributed by atoms with Gasteiger partial charge in [-0.3, -0.25) is 9.10 Å². The van der Waals surface area contributed by atoms with Crippen LogP contribution in [0.2, 0.25) is 5.02 Å². The number of sulfonamides is 1. The smallest absolute Gasteiger partial charge is 0.232 e. The molecular weight excluding hydrogens is 412 g/mol. The van der Waals surface area contributed by atoms with E-state index in [0.29, 0.717) is 29.4 Å². The van der Waals surface area contributed by atoms with Crippen LogP contribution in [0.25, 0.3) is 0 Å². The number of hydrogen-bond acceptors (Lipinski definition) is 4. The Hall–Kier alpha value is -2.25. The van der Waals surface area contributed by atoms with Crippen molar-refractivity contribution in [3.8, 4) is 5.75 Å². The lowest BCUT2D eigenvalue weighted by Gasteiger charge is -2.24. The SMILES string of the molecule is COc1ccc(Cl)cc1N(CCCC(=O)NCC(C)c1ccccc1)S(C)(=O)=O. The van der Waals surface area contributed by atoms with E-state index in [1.807, 2.05) is 37.3 Å². The summed E-state index contributed by atoms with van der Waals surface area (Å²) in [5.74, 6) is 0.489. The van der Waals surface area contributed by atoms with E-state index in [4.69, 9.17) is 16.3 Å². The van der Waals surface area contributed by atoms with Gasteiger partial charge in [0, 0.05) is 24.5 Å². The molecule has 2 rings (SSSR count). The number of rotatable bonds is 10. The van der Waals surface area contributed by atoms with Crippen LogP contribution in [0.15, 0.2) is 48.5 Å². The molecule has 0 aromatic heterocycles. The van der Waals surface area contributed by atoms with Crippen molar-refractivity contribution < 1.29 is 17.9 Å². The van der Waals surface area contributed by atoms with E-state index < -0.39 is 10.0 Å². The first kappa shape index (κ1) is 23.0. The number of halogens is 1. The van der Waals surface area contributed by atoms with Crippen LogP contribution in [-0.4, -0.2) is 40.8 Å². The molecule has 0 saturated carbocycles. The van der Waals surface area contributed by atoms with Crippen molar-refractivity contribution in [2.24, 2.45) is 0 Å². The molecule has 0 fully saturated rings. The fraction of sp³-hybridized carbons (Fsp3) is 0.381. The Balaban J connectivity index is 1.94. The Morgan fingerprint density at radius 3 is 2.52 bits per heavy atom. The average Bonchev–Trinajstić information content (AvgIpc) is 2.69. The summed E-state index contributed by atoms with van der Waals surface area (Å²) in [6.45, 7) is 2.73. The number of nitrogens with one attached hydrogen (secondary N) is 1. The van der Waals surface area contributed by atoms with Gasteiger partial charge in [-0.1, -0.05) is 48.9 Å². The summed E-state index contributed by atoms with van der Waals surface area (Å²) in [4.78, 5) is 12.2. The summed E-state index contributed by atoms with van der Waals surface area (Å²) in [6, 6.07) is 14.7. The normalized spacial score (nSPS) is 12.3. The van der Waals surface area contributed by atoms with Gasteiger partial charge in [0.25, 0.3) is 0 Å². The first-order valence-corrected chi connectivity index (χ1v) is 11.6. The standard InChI is InChI=1S/C21H27ClN2O4S/c1-16(17-8-5-4-6-9-17)15-23-21(25)10-7-13-24(29(3,26)27)19-14-18(22)11-12-20(19)28-2/h4-6,8-9,11-12,14,16H,7,10,13,15H2,1-3H3,(H,23,25). The quantitative estimate of drug-likeness (QED) is 0.611. The number of benzene rings is 2.